The monoisotopic (exact) mass is 762 g/mol. The molecule has 1 aliphatic carbocycles. The Balaban J connectivity index is 1.26. The molecule has 16 heteroatoms. The first-order valence-electron chi connectivity index (χ1n) is 17.4. The predicted octanol–water partition coefficient (Wildman–Crippen LogP) is 3.51. The molecule has 0 unspecified atom stereocenters. The summed E-state index contributed by atoms with van der Waals surface area (Å²) in [6, 6.07) is 20.2. The molecule has 1 heterocycles. The van der Waals surface area contributed by atoms with Crippen LogP contribution in [0.15, 0.2) is 66.7 Å². The van der Waals surface area contributed by atoms with Crippen molar-refractivity contribution in [3.8, 4) is 16.9 Å². The quantitative estimate of drug-likeness (QED) is 0.159. The number of rotatable bonds is 14. The summed E-state index contributed by atoms with van der Waals surface area (Å²) in [4.78, 5) is 74.0. The maximum atomic E-state index is 13.1. The molecule has 0 saturated carbocycles. The van der Waals surface area contributed by atoms with Crippen LogP contribution in [-0.4, -0.2) is 91.4 Å². The van der Waals surface area contributed by atoms with E-state index < -0.39 is 79.8 Å². The zero-order chi connectivity index (χ0) is 39.6. The molecule has 3 aromatic carbocycles. The van der Waals surface area contributed by atoms with Crippen LogP contribution in [-0.2, 0) is 59.0 Å². The lowest BCUT2D eigenvalue weighted by Crippen LogP contribution is -2.63. The molecular weight excluding hydrogens is 720 g/mol. The summed E-state index contributed by atoms with van der Waals surface area (Å²) in [5.74, 6) is -3.85. The van der Waals surface area contributed by atoms with Crippen molar-refractivity contribution >= 4 is 41.6 Å². The third kappa shape index (κ3) is 10.4. The van der Waals surface area contributed by atoms with Gasteiger partial charge in [-0.3, -0.25) is 24.0 Å². The van der Waals surface area contributed by atoms with Crippen LogP contribution in [0.25, 0.3) is 11.1 Å². The van der Waals surface area contributed by atoms with Gasteiger partial charge in [0.05, 0.1) is 12.3 Å². The molecule has 2 amide bonds. The molecule has 1 saturated heterocycles. The summed E-state index contributed by atoms with van der Waals surface area (Å²) < 4.78 is 39.1. The van der Waals surface area contributed by atoms with Crippen molar-refractivity contribution in [3.63, 3.8) is 0 Å². The molecule has 5 rings (SSSR count). The Morgan fingerprint density at radius 3 is 1.91 bits per heavy atom. The SMILES string of the molecule is CC(=O)OC[C@H]1O[C@H](Oc2ccc(CO)cc2NC(=O)CCNC(=O)OCC2c3ccccc3-c3ccccc32)[C@@H](OC(C)=O)[C@@H](OC(C)=O)[C@@H]1OC(C)=O. The van der Waals surface area contributed by atoms with E-state index in [1.165, 1.54) is 18.2 Å². The summed E-state index contributed by atoms with van der Waals surface area (Å²) in [6.07, 6.45) is -8.15. The second-order valence-electron chi connectivity index (χ2n) is 12.7. The number of benzene rings is 3. The number of ether oxygens (including phenoxy) is 7. The molecule has 55 heavy (non-hydrogen) atoms. The minimum absolute atomic E-state index is 0.0315. The second-order valence-corrected chi connectivity index (χ2v) is 12.7. The molecule has 1 fully saturated rings. The first kappa shape index (κ1) is 40.2. The minimum Gasteiger partial charge on any atom is -0.463 e. The maximum absolute atomic E-state index is 13.1. The van der Waals surface area contributed by atoms with Crippen LogP contribution >= 0.6 is 0 Å². The van der Waals surface area contributed by atoms with Crippen molar-refractivity contribution in [3.05, 3.63) is 83.4 Å². The van der Waals surface area contributed by atoms with E-state index in [4.69, 9.17) is 33.2 Å². The largest absolute Gasteiger partial charge is 0.463 e. The van der Waals surface area contributed by atoms with E-state index in [0.717, 1.165) is 49.9 Å². The molecule has 1 aliphatic heterocycles. The van der Waals surface area contributed by atoms with Crippen molar-refractivity contribution in [2.24, 2.45) is 0 Å². The number of carbonyl (C=O) groups excluding carboxylic acids is 6. The lowest BCUT2D eigenvalue weighted by atomic mass is 9.98. The van der Waals surface area contributed by atoms with E-state index in [-0.39, 0.29) is 36.9 Å². The van der Waals surface area contributed by atoms with Crippen LogP contribution in [0.2, 0.25) is 0 Å². The van der Waals surface area contributed by atoms with Crippen molar-refractivity contribution in [1.82, 2.24) is 5.32 Å². The van der Waals surface area contributed by atoms with E-state index >= 15 is 0 Å². The summed E-state index contributed by atoms with van der Waals surface area (Å²) >= 11 is 0. The van der Waals surface area contributed by atoms with Crippen LogP contribution in [0.1, 0.15) is 56.7 Å². The first-order valence-corrected chi connectivity index (χ1v) is 17.4. The number of fused-ring (bicyclic) bond motifs is 3. The van der Waals surface area contributed by atoms with E-state index in [1.807, 2.05) is 48.5 Å². The number of nitrogens with one attached hydrogen (secondary N) is 2. The molecule has 5 atom stereocenters. The van der Waals surface area contributed by atoms with Crippen molar-refractivity contribution in [2.45, 2.75) is 77.3 Å². The van der Waals surface area contributed by atoms with Gasteiger partial charge in [0.25, 0.3) is 0 Å². The van der Waals surface area contributed by atoms with Crippen LogP contribution in [0, 0.1) is 0 Å². The van der Waals surface area contributed by atoms with E-state index in [2.05, 4.69) is 10.6 Å². The molecule has 0 bridgehead atoms. The number of alkyl carbamates (subject to hydrolysis) is 1. The van der Waals surface area contributed by atoms with E-state index in [0.29, 0.717) is 5.56 Å². The topological polar surface area (TPSA) is 211 Å². The van der Waals surface area contributed by atoms with Crippen molar-refractivity contribution in [1.29, 1.82) is 0 Å². The molecule has 2 aliphatic rings. The molecule has 3 N–H and O–H groups in total. The highest BCUT2D eigenvalue weighted by molar-refractivity contribution is 5.92. The zero-order valence-electron chi connectivity index (χ0n) is 30.6. The standard InChI is InChI=1S/C39H42N2O14/c1-21(43)49-20-33-35(51-22(2)44)36(52-23(3)45)37(53-24(4)46)38(55-33)54-32-14-13-25(18-42)17-31(32)41-34(47)15-16-40-39(48)50-19-30-28-11-7-5-9-26(28)27-10-6-8-12-29(27)30/h5-14,17,30,33,35-38,42H,15-16,18-20H2,1-4H3,(H,40,48)(H,41,47)/t33-,35-,36+,37+,38+/m1/s1. The van der Waals surface area contributed by atoms with Gasteiger partial charge in [-0.05, 0) is 39.9 Å². The summed E-state index contributed by atoms with van der Waals surface area (Å²) in [5, 5.41) is 15.1. The highest BCUT2D eigenvalue weighted by Gasteiger charge is 2.53. The Labute approximate surface area is 316 Å². The smallest absolute Gasteiger partial charge is 0.407 e. The van der Waals surface area contributed by atoms with Crippen LogP contribution < -0.4 is 15.4 Å². The van der Waals surface area contributed by atoms with Gasteiger partial charge in [-0.15, -0.1) is 0 Å². The van der Waals surface area contributed by atoms with Gasteiger partial charge < -0.3 is 48.9 Å². The fourth-order valence-electron chi connectivity index (χ4n) is 6.42. The maximum Gasteiger partial charge on any atom is 0.407 e. The van der Waals surface area contributed by atoms with Gasteiger partial charge >= 0.3 is 30.0 Å². The molecule has 0 aromatic heterocycles. The zero-order valence-corrected chi connectivity index (χ0v) is 30.6. The highest BCUT2D eigenvalue weighted by Crippen LogP contribution is 2.44. The van der Waals surface area contributed by atoms with Gasteiger partial charge in [-0.25, -0.2) is 4.79 Å². The summed E-state index contributed by atoms with van der Waals surface area (Å²) in [7, 11) is 0. The Kier molecular flexibility index (Phi) is 13.4. The van der Waals surface area contributed by atoms with Crippen LogP contribution in [0.3, 0.4) is 0 Å². The van der Waals surface area contributed by atoms with Crippen LogP contribution in [0.4, 0.5) is 10.5 Å². The van der Waals surface area contributed by atoms with Gasteiger partial charge in [-0.1, -0.05) is 54.6 Å². The number of hydrogen-bond donors (Lipinski definition) is 3. The Morgan fingerprint density at radius 1 is 0.709 bits per heavy atom. The molecule has 292 valence electrons. The average Bonchev–Trinajstić information content (AvgIpc) is 3.45. The number of hydrogen-bond acceptors (Lipinski definition) is 14. The Bertz CT molecular complexity index is 1870. The van der Waals surface area contributed by atoms with Gasteiger partial charge in [0, 0.05) is 46.6 Å². The van der Waals surface area contributed by atoms with Crippen LogP contribution in [0.5, 0.6) is 5.75 Å². The summed E-state index contributed by atoms with van der Waals surface area (Å²) in [5.41, 5.74) is 4.75. The first-order chi connectivity index (χ1) is 26.3. The van der Waals surface area contributed by atoms with Crippen molar-refractivity contribution < 1.29 is 67.0 Å². The molecule has 16 nitrogen and oxygen atoms in total. The van der Waals surface area contributed by atoms with Gasteiger partial charge in [0.15, 0.2) is 12.2 Å². The minimum atomic E-state index is -1.58. The number of amides is 2. The third-order valence-corrected chi connectivity index (χ3v) is 8.66. The molecule has 3 aromatic rings. The number of esters is 4. The average molecular weight is 763 g/mol. The normalized spacial score (nSPS) is 19.8. The number of anilines is 1. The van der Waals surface area contributed by atoms with Crippen molar-refractivity contribution in [2.75, 3.05) is 25.1 Å². The lowest BCUT2D eigenvalue weighted by Gasteiger charge is -2.44. The number of aliphatic hydroxyl groups excluding tert-OH is 1. The fraction of sp³-hybridized carbons (Fsp3) is 0.385. The van der Waals surface area contributed by atoms with E-state index in [9.17, 15) is 33.9 Å². The predicted molar refractivity (Wildman–Crippen MR) is 191 cm³/mol. The van der Waals surface area contributed by atoms with E-state index in [1.54, 1.807) is 0 Å². The summed E-state index contributed by atoms with van der Waals surface area (Å²) in [6.45, 7) is 3.57. The van der Waals surface area contributed by atoms with Gasteiger partial charge in [0.1, 0.15) is 25.1 Å². The lowest BCUT2D eigenvalue weighted by molar-refractivity contribution is -0.288. The third-order valence-electron chi connectivity index (χ3n) is 8.66. The fourth-order valence-corrected chi connectivity index (χ4v) is 6.42. The van der Waals surface area contributed by atoms with Gasteiger partial charge in [-0.2, -0.15) is 0 Å². The van der Waals surface area contributed by atoms with Gasteiger partial charge in [0.2, 0.25) is 18.3 Å². The molecule has 0 radical (unpaired) electrons. The number of carbonyl (C=O) groups is 6. The second kappa shape index (κ2) is 18.4. The molecular formula is C39H42N2O14. The Morgan fingerprint density at radius 2 is 1.31 bits per heavy atom. The molecule has 0 spiro atoms. The number of aliphatic hydroxyl groups is 1. The highest BCUT2D eigenvalue weighted by atomic mass is 16.7. The Hall–Kier alpha value is -6.00.